The number of ether oxygens (including phenoxy) is 2. The summed E-state index contributed by atoms with van der Waals surface area (Å²) in [5.41, 5.74) is 5.25. The highest BCUT2D eigenvalue weighted by Crippen LogP contribution is 2.38. The van der Waals surface area contributed by atoms with E-state index in [1.807, 2.05) is 19.4 Å². The number of esters is 1. The molecule has 0 aliphatic heterocycles. The molecule has 1 aliphatic carbocycles. The van der Waals surface area contributed by atoms with Crippen molar-refractivity contribution < 1.29 is 14.3 Å². The number of hydrogen-bond acceptors (Lipinski definition) is 5. The van der Waals surface area contributed by atoms with Gasteiger partial charge in [0.25, 0.3) is 0 Å². The average molecular weight is 470 g/mol. The summed E-state index contributed by atoms with van der Waals surface area (Å²) in [4.78, 5) is 17.4. The number of para-hydroxylation sites is 1. The largest absolute Gasteiger partial charge is 0.494 e. The molecule has 1 fully saturated rings. The fraction of sp³-hybridized carbons (Fsp3) is 0.296. The summed E-state index contributed by atoms with van der Waals surface area (Å²) in [6.45, 7) is 1.53. The summed E-state index contributed by atoms with van der Waals surface area (Å²) in [7, 11) is 4.90. The lowest BCUT2D eigenvalue weighted by Crippen LogP contribution is -2.08. The van der Waals surface area contributed by atoms with Crippen molar-refractivity contribution in [2.45, 2.75) is 25.9 Å². The normalized spacial score (nSPS) is 13.6. The SMILES string of the molecule is COC(=O)c1cc(OC)c2c(c1)nc(-c1cc3ccccc3n1CC1CC1)n2Cc1cnn(C)c1. The molecule has 3 heterocycles. The van der Waals surface area contributed by atoms with Gasteiger partial charge in [0.1, 0.15) is 11.3 Å². The van der Waals surface area contributed by atoms with Crippen LogP contribution < -0.4 is 4.74 Å². The number of aryl methyl sites for hydroxylation is 1. The number of rotatable bonds is 7. The third-order valence-electron chi connectivity index (χ3n) is 6.72. The van der Waals surface area contributed by atoms with Crippen molar-refractivity contribution in [1.29, 1.82) is 0 Å². The van der Waals surface area contributed by atoms with Crippen LogP contribution in [0.15, 0.2) is 54.9 Å². The monoisotopic (exact) mass is 469 g/mol. The molecule has 8 nitrogen and oxygen atoms in total. The lowest BCUT2D eigenvalue weighted by Gasteiger charge is -2.14. The van der Waals surface area contributed by atoms with Gasteiger partial charge < -0.3 is 18.6 Å². The minimum atomic E-state index is -0.420. The molecule has 35 heavy (non-hydrogen) atoms. The van der Waals surface area contributed by atoms with Crippen molar-refractivity contribution in [3.63, 3.8) is 0 Å². The van der Waals surface area contributed by atoms with Gasteiger partial charge in [-0.25, -0.2) is 9.78 Å². The maximum absolute atomic E-state index is 12.4. The topological polar surface area (TPSA) is 76.1 Å². The first kappa shape index (κ1) is 21.5. The molecule has 0 amide bonds. The molecule has 8 heteroatoms. The Hall–Kier alpha value is -4.07. The molecule has 5 aromatic rings. The van der Waals surface area contributed by atoms with E-state index in [9.17, 15) is 4.79 Å². The Bertz CT molecular complexity index is 1570. The lowest BCUT2D eigenvalue weighted by molar-refractivity contribution is 0.0600. The van der Waals surface area contributed by atoms with E-state index < -0.39 is 5.97 Å². The van der Waals surface area contributed by atoms with Gasteiger partial charge in [-0.3, -0.25) is 4.68 Å². The molecule has 178 valence electrons. The van der Waals surface area contributed by atoms with Gasteiger partial charge in [-0.1, -0.05) is 18.2 Å². The summed E-state index contributed by atoms with van der Waals surface area (Å²) in [6.07, 6.45) is 6.39. The number of nitrogens with zero attached hydrogens (tertiary/aromatic N) is 5. The Balaban J connectivity index is 1.63. The van der Waals surface area contributed by atoms with E-state index in [4.69, 9.17) is 14.5 Å². The van der Waals surface area contributed by atoms with E-state index in [1.54, 1.807) is 23.9 Å². The summed E-state index contributed by atoms with van der Waals surface area (Å²) in [5, 5.41) is 5.54. The molecule has 2 aromatic carbocycles. The molecular formula is C27H27N5O3. The Kier molecular flexibility index (Phi) is 5.09. The van der Waals surface area contributed by atoms with E-state index in [1.165, 1.54) is 30.9 Å². The molecule has 6 rings (SSSR count). The molecule has 0 radical (unpaired) electrons. The molecule has 1 aliphatic rings. The van der Waals surface area contributed by atoms with E-state index in [0.29, 0.717) is 29.3 Å². The highest BCUT2D eigenvalue weighted by atomic mass is 16.5. The van der Waals surface area contributed by atoms with Crippen molar-refractivity contribution in [3.05, 3.63) is 66.0 Å². The number of fused-ring (bicyclic) bond motifs is 2. The fourth-order valence-corrected chi connectivity index (χ4v) is 4.86. The average Bonchev–Trinajstić information content (AvgIpc) is 3.33. The first-order valence-electron chi connectivity index (χ1n) is 11.8. The molecule has 1 saturated carbocycles. The molecule has 0 spiro atoms. The zero-order valence-corrected chi connectivity index (χ0v) is 20.1. The summed E-state index contributed by atoms with van der Waals surface area (Å²) >= 11 is 0. The highest BCUT2D eigenvalue weighted by Gasteiger charge is 2.27. The Morgan fingerprint density at radius 2 is 1.94 bits per heavy atom. The van der Waals surface area contributed by atoms with Gasteiger partial charge in [-0.2, -0.15) is 5.10 Å². The molecule has 0 unspecified atom stereocenters. The Morgan fingerprint density at radius 3 is 2.66 bits per heavy atom. The van der Waals surface area contributed by atoms with Gasteiger partial charge in [0.05, 0.1) is 43.7 Å². The van der Waals surface area contributed by atoms with E-state index >= 15 is 0 Å². The Morgan fingerprint density at radius 1 is 1.11 bits per heavy atom. The van der Waals surface area contributed by atoms with E-state index in [0.717, 1.165) is 29.1 Å². The van der Waals surface area contributed by atoms with Crippen LogP contribution in [0.4, 0.5) is 0 Å². The third kappa shape index (κ3) is 3.75. The maximum atomic E-state index is 12.4. The van der Waals surface area contributed by atoms with E-state index in [-0.39, 0.29) is 0 Å². The van der Waals surface area contributed by atoms with Crippen LogP contribution in [0.25, 0.3) is 33.5 Å². The number of carbonyl (C=O) groups excluding carboxylic acids is 1. The van der Waals surface area contributed by atoms with Gasteiger partial charge in [0, 0.05) is 36.3 Å². The van der Waals surface area contributed by atoms with Crippen molar-refractivity contribution in [2.75, 3.05) is 14.2 Å². The van der Waals surface area contributed by atoms with Crippen LogP contribution in [0.2, 0.25) is 0 Å². The first-order chi connectivity index (χ1) is 17.1. The standard InChI is InChI=1S/C27H27N5O3/c1-30-14-18(13-28-30)16-32-25-21(10-20(27(33)35-3)12-24(25)34-2)29-26(32)23-11-19-6-4-5-7-22(19)31(23)15-17-8-9-17/h4-7,10-14,17H,8-9,15-16H2,1-3H3. The second-order valence-electron chi connectivity index (χ2n) is 9.22. The highest BCUT2D eigenvalue weighted by molar-refractivity contribution is 5.97. The van der Waals surface area contributed by atoms with Crippen LogP contribution in [0.5, 0.6) is 5.75 Å². The molecule has 0 N–H and O–H groups in total. The van der Waals surface area contributed by atoms with Crippen molar-refractivity contribution in [2.24, 2.45) is 13.0 Å². The van der Waals surface area contributed by atoms with Crippen molar-refractivity contribution in [1.82, 2.24) is 23.9 Å². The predicted octanol–water partition coefficient (Wildman–Crippen LogP) is 4.65. The van der Waals surface area contributed by atoms with Crippen LogP contribution in [-0.2, 0) is 24.9 Å². The molecule has 0 saturated heterocycles. The smallest absolute Gasteiger partial charge is 0.338 e. The second kappa shape index (κ2) is 8.30. The van der Waals surface area contributed by atoms with Crippen LogP contribution in [0.3, 0.4) is 0 Å². The summed E-state index contributed by atoms with van der Waals surface area (Å²) < 4.78 is 17.1. The third-order valence-corrected chi connectivity index (χ3v) is 6.72. The maximum Gasteiger partial charge on any atom is 0.338 e. The first-order valence-corrected chi connectivity index (χ1v) is 11.8. The zero-order chi connectivity index (χ0) is 24.1. The van der Waals surface area contributed by atoms with Crippen LogP contribution in [0, 0.1) is 5.92 Å². The minimum Gasteiger partial charge on any atom is -0.494 e. The summed E-state index contributed by atoms with van der Waals surface area (Å²) in [5.74, 6) is 1.69. The van der Waals surface area contributed by atoms with Gasteiger partial charge >= 0.3 is 5.97 Å². The number of benzene rings is 2. The lowest BCUT2D eigenvalue weighted by atomic mass is 10.2. The number of aromatic nitrogens is 5. The van der Waals surface area contributed by atoms with Crippen LogP contribution in [0.1, 0.15) is 28.8 Å². The number of carbonyl (C=O) groups is 1. The number of imidazole rings is 1. The van der Waals surface area contributed by atoms with Crippen molar-refractivity contribution >= 4 is 27.9 Å². The Labute approximate surface area is 202 Å². The quantitative estimate of drug-likeness (QED) is 0.325. The molecule has 0 bridgehead atoms. The molecule has 3 aromatic heterocycles. The predicted molar refractivity (Wildman–Crippen MR) is 134 cm³/mol. The van der Waals surface area contributed by atoms with Gasteiger partial charge in [-0.05, 0) is 43.0 Å². The number of hydrogen-bond donors (Lipinski definition) is 0. The number of methoxy groups -OCH3 is 2. The summed E-state index contributed by atoms with van der Waals surface area (Å²) in [6, 6.07) is 14.2. The van der Waals surface area contributed by atoms with Gasteiger partial charge in [-0.15, -0.1) is 0 Å². The minimum absolute atomic E-state index is 0.410. The molecular weight excluding hydrogens is 442 g/mol. The molecule has 0 atom stereocenters. The van der Waals surface area contributed by atoms with Crippen LogP contribution in [-0.4, -0.2) is 44.1 Å². The van der Waals surface area contributed by atoms with Crippen LogP contribution >= 0.6 is 0 Å². The zero-order valence-electron chi connectivity index (χ0n) is 20.1. The van der Waals surface area contributed by atoms with E-state index in [2.05, 4.69) is 44.6 Å². The second-order valence-corrected chi connectivity index (χ2v) is 9.22. The van der Waals surface area contributed by atoms with Gasteiger partial charge in [0.2, 0.25) is 0 Å². The fourth-order valence-electron chi connectivity index (χ4n) is 4.86. The van der Waals surface area contributed by atoms with Gasteiger partial charge in [0.15, 0.2) is 5.82 Å². The van der Waals surface area contributed by atoms with Crippen molar-refractivity contribution in [3.8, 4) is 17.3 Å².